The van der Waals surface area contributed by atoms with Crippen molar-refractivity contribution in [2.45, 2.75) is 32.2 Å². The van der Waals surface area contributed by atoms with Crippen molar-refractivity contribution >= 4 is 40.3 Å². The van der Waals surface area contributed by atoms with Crippen LogP contribution in [0.5, 0.6) is 0 Å². The van der Waals surface area contributed by atoms with Crippen LogP contribution in [0.25, 0.3) is 0 Å². The largest absolute Gasteiger partial charge is 0.478 e. The highest BCUT2D eigenvalue weighted by molar-refractivity contribution is 14.1. The number of hydrogen-bond acceptors (Lipinski definition) is 2. The van der Waals surface area contributed by atoms with E-state index in [0.717, 1.165) is 22.8 Å². The van der Waals surface area contributed by atoms with E-state index in [4.69, 9.17) is 5.11 Å². The van der Waals surface area contributed by atoms with Crippen molar-refractivity contribution in [1.29, 1.82) is 0 Å². The quantitative estimate of drug-likeness (QED) is 0.678. The lowest BCUT2D eigenvalue weighted by Crippen LogP contribution is -2.32. The van der Waals surface area contributed by atoms with Crippen LogP contribution in [0.2, 0.25) is 0 Å². The van der Waals surface area contributed by atoms with Gasteiger partial charge in [-0.2, -0.15) is 0 Å². The van der Waals surface area contributed by atoms with Crippen LogP contribution in [0.15, 0.2) is 18.2 Å². The number of anilines is 1. The van der Waals surface area contributed by atoms with Gasteiger partial charge in [0.1, 0.15) is 0 Å². The van der Waals surface area contributed by atoms with Crippen LogP contribution in [0.1, 0.15) is 36.5 Å². The summed E-state index contributed by atoms with van der Waals surface area (Å²) in [5.41, 5.74) is 0.427. The van der Waals surface area contributed by atoms with E-state index in [1.54, 1.807) is 12.1 Å². The Labute approximate surface area is 131 Å². The predicted octanol–water partition coefficient (Wildman–Crippen LogP) is 3.30. The van der Waals surface area contributed by atoms with Crippen LogP contribution in [0, 0.1) is 9.49 Å². The molecule has 20 heavy (non-hydrogen) atoms. The van der Waals surface area contributed by atoms with Crippen molar-refractivity contribution < 1.29 is 14.7 Å². The van der Waals surface area contributed by atoms with E-state index in [0.29, 0.717) is 11.6 Å². The SMILES string of the molecule is CCCC1CC1NC(=O)Nc1ccc(I)cc1C(=O)O. The average molecular weight is 388 g/mol. The molecule has 1 aromatic carbocycles. The Balaban J connectivity index is 1.96. The number of carboxylic acids is 1. The first-order chi connectivity index (χ1) is 9.51. The second-order valence-electron chi connectivity index (χ2n) is 4.98. The number of carbonyl (C=O) groups excluding carboxylic acids is 1. The zero-order valence-corrected chi connectivity index (χ0v) is 13.3. The summed E-state index contributed by atoms with van der Waals surface area (Å²) in [4.78, 5) is 23.0. The molecule has 2 amide bonds. The topological polar surface area (TPSA) is 78.4 Å². The monoisotopic (exact) mass is 388 g/mol. The minimum atomic E-state index is -1.05. The van der Waals surface area contributed by atoms with E-state index in [-0.39, 0.29) is 17.6 Å². The Hall–Kier alpha value is -1.31. The van der Waals surface area contributed by atoms with Crippen LogP contribution < -0.4 is 10.6 Å². The summed E-state index contributed by atoms with van der Waals surface area (Å²) in [5.74, 6) is -0.476. The summed E-state index contributed by atoms with van der Waals surface area (Å²) in [7, 11) is 0. The molecule has 1 aliphatic rings. The van der Waals surface area contributed by atoms with E-state index in [9.17, 15) is 9.59 Å². The molecular weight excluding hydrogens is 371 g/mol. The first-order valence-corrected chi connectivity index (χ1v) is 7.69. The summed E-state index contributed by atoms with van der Waals surface area (Å²) in [6, 6.07) is 4.81. The zero-order chi connectivity index (χ0) is 14.7. The van der Waals surface area contributed by atoms with Crippen molar-refractivity contribution in [3.05, 3.63) is 27.3 Å². The number of halogens is 1. The maximum atomic E-state index is 11.9. The maximum absolute atomic E-state index is 11.9. The molecule has 1 aromatic rings. The van der Waals surface area contributed by atoms with Gasteiger partial charge in [0.05, 0.1) is 11.3 Å². The Morgan fingerprint density at radius 3 is 2.85 bits per heavy atom. The van der Waals surface area contributed by atoms with Crippen LogP contribution >= 0.6 is 22.6 Å². The fraction of sp³-hybridized carbons (Fsp3) is 0.429. The molecule has 3 N–H and O–H groups in total. The second-order valence-corrected chi connectivity index (χ2v) is 6.23. The first kappa shape index (κ1) is 15.1. The van der Waals surface area contributed by atoms with E-state index in [1.165, 1.54) is 6.07 Å². The maximum Gasteiger partial charge on any atom is 0.337 e. The Kier molecular flexibility index (Phi) is 4.85. The van der Waals surface area contributed by atoms with Crippen molar-refractivity contribution in [3.63, 3.8) is 0 Å². The number of urea groups is 1. The van der Waals surface area contributed by atoms with Gasteiger partial charge in [0.25, 0.3) is 0 Å². The van der Waals surface area contributed by atoms with Crippen LogP contribution in [0.3, 0.4) is 0 Å². The molecule has 5 nitrogen and oxygen atoms in total. The molecule has 1 fully saturated rings. The molecule has 1 saturated carbocycles. The molecule has 2 atom stereocenters. The molecular formula is C14H17IN2O3. The fourth-order valence-electron chi connectivity index (χ4n) is 2.24. The highest BCUT2D eigenvalue weighted by atomic mass is 127. The van der Waals surface area contributed by atoms with Crippen molar-refractivity contribution in [3.8, 4) is 0 Å². The van der Waals surface area contributed by atoms with Gasteiger partial charge in [0.15, 0.2) is 0 Å². The van der Waals surface area contributed by atoms with E-state index < -0.39 is 5.97 Å². The van der Waals surface area contributed by atoms with Crippen molar-refractivity contribution in [1.82, 2.24) is 5.32 Å². The van der Waals surface area contributed by atoms with Gasteiger partial charge in [0.2, 0.25) is 0 Å². The van der Waals surface area contributed by atoms with Crippen LogP contribution in [0.4, 0.5) is 10.5 Å². The average Bonchev–Trinajstić information content (AvgIpc) is 3.09. The molecule has 0 saturated heterocycles. The van der Waals surface area contributed by atoms with E-state index in [1.807, 2.05) is 22.6 Å². The van der Waals surface area contributed by atoms with Gasteiger partial charge in [-0.15, -0.1) is 0 Å². The zero-order valence-electron chi connectivity index (χ0n) is 11.1. The number of carbonyl (C=O) groups is 2. The number of nitrogens with one attached hydrogen (secondary N) is 2. The van der Waals surface area contributed by atoms with Crippen molar-refractivity contribution in [2.75, 3.05) is 5.32 Å². The summed E-state index contributed by atoms with van der Waals surface area (Å²) in [6.45, 7) is 2.13. The van der Waals surface area contributed by atoms with Crippen LogP contribution in [-0.4, -0.2) is 23.1 Å². The summed E-state index contributed by atoms with van der Waals surface area (Å²) >= 11 is 2.04. The lowest BCUT2D eigenvalue weighted by molar-refractivity contribution is 0.0698. The van der Waals surface area contributed by atoms with Gasteiger partial charge < -0.3 is 15.7 Å². The Bertz CT molecular complexity index is 533. The Morgan fingerprint density at radius 2 is 2.20 bits per heavy atom. The minimum Gasteiger partial charge on any atom is -0.478 e. The first-order valence-electron chi connectivity index (χ1n) is 6.61. The standard InChI is InChI=1S/C14H17IN2O3/c1-2-3-8-6-12(8)17-14(20)16-11-5-4-9(15)7-10(11)13(18)19/h4-5,7-8,12H,2-3,6H2,1H3,(H,18,19)(H2,16,17,20). The molecule has 0 spiro atoms. The van der Waals surface area contributed by atoms with E-state index in [2.05, 4.69) is 17.6 Å². The summed E-state index contributed by atoms with van der Waals surface area (Å²) in [6.07, 6.45) is 3.25. The molecule has 0 aromatic heterocycles. The fourth-order valence-corrected chi connectivity index (χ4v) is 2.73. The molecule has 108 valence electrons. The van der Waals surface area contributed by atoms with Gasteiger partial charge in [-0.3, -0.25) is 0 Å². The molecule has 2 rings (SSSR count). The summed E-state index contributed by atoms with van der Waals surface area (Å²) in [5, 5.41) is 14.6. The second kappa shape index (κ2) is 6.43. The third-order valence-corrected chi connectivity index (χ3v) is 4.03. The normalized spacial score (nSPS) is 20.3. The van der Waals surface area contributed by atoms with E-state index >= 15 is 0 Å². The molecule has 0 bridgehead atoms. The summed E-state index contributed by atoms with van der Waals surface area (Å²) < 4.78 is 0.816. The third-order valence-electron chi connectivity index (χ3n) is 3.36. The number of aromatic carboxylic acids is 1. The van der Waals surface area contributed by atoms with Crippen molar-refractivity contribution in [2.24, 2.45) is 5.92 Å². The van der Waals surface area contributed by atoms with Gasteiger partial charge in [-0.1, -0.05) is 13.3 Å². The minimum absolute atomic E-state index is 0.105. The van der Waals surface area contributed by atoms with Gasteiger partial charge in [-0.25, -0.2) is 9.59 Å². The smallest absolute Gasteiger partial charge is 0.337 e. The molecule has 2 unspecified atom stereocenters. The predicted molar refractivity (Wildman–Crippen MR) is 85.1 cm³/mol. The van der Waals surface area contributed by atoms with Gasteiger partial charge in [0, 0.05) is 9.61 Å². The molecule has 1 aliphatic carbocycles. The number of amides is 2. The number of carboxylic acid groups (broad SMARTS) is 1. The molecule has 0 radical (unpaired) electrons. The lowest BCUT2D eigenvalue weighted by atomic mass is 10.2. The third kappa shape index (κ3) is 3.84. The number of benzene rings is 1. The highest BCUT2D eigenvalue weighted by Gasteiger charge is 2.37. The molecule has 6 heteroatoms. The molecule has 0 aliphatic heterocycles. The van der Waals surface area contributed by atoms with Gasteiger partial charge in [-0.05, 0) is 59.5 Å². The lowest BCUT2D eigenvalue weighted by Gasteiger charge is -2.10. The number of rotatable bonds is 5. The number of hydrogen-bond donors (Lipinski definition) is 3. The highest BCUT2D eigenvalue weighted by Crippen LogP contribution is 2.34. The Morgan fingerprint density at radius 1 is 1.45 bits per heavy atom. The molecule has 0 heterocycles. The van der Waals surface area contributed by atoms with Gasteiger partial charge >= 0.3 is 12.0 Å². The van der Waals surface area contributed by atoms with Crippen LogP contribution in [-0.2, 0) is 0 Å².